The van der Waals surface area contributed by atoms with Crippen LogP contribution in [0.3, 0.4) is 0 Å². The molecule has 0 radical (unpaired) electrons. The summed E-state index contributed by atoms with van der Waals surface area (Å²) >= 11 is 0. The number of alkyl halides is 6. The zero-order valence-electron chi connectivity index (χ0n) is 13.5. The zero-order chi connectivity index (χ0) is 20.2. The third-order valence-electron chi connectivity index (χ3n) is 4.14. The van der Waals surface area contributed by atoms with Crippen LogP contribution in [0.15, 0.2) is 78.8 Å². The van der Waals surface area contributed by atoms with Gasteiger partial charge in [-0.2, -0.15) is 26.3 Å². The summed E-state index contributed by atoms with van der Waals surface area (Å²) in [6.45, 7) is 0. The third kappa shape index (κ3) is 3.17. The molecule has 0 amide bonds. The molecule has 0 unspecified atom stereocenters. The highest BCUT2D eigenvalue weighted by atomic mass is 33.1. The Morgan fingerprint density at radius 1 is 0.536 bits per heavy atom. The molecule has 0 spiro atoms. The number of rotatable bonds is 5. The van der Waals surface area contributed by atoms with Crippen LogP contribution in [0.25, 0.3) is 0 Å². The normalized spacial score (nSPS) is 18.9. The topological polar surface area (TPSA) is 49.4 Å². The Hall–Kier alpha value is -2.08. The fourth-order valence-electron chi connectivity index (χ4n) is 2.47. The molecule has 0 bridgehead atoms. The van der Waals surface area contributed by atoms with E-state index in [-0.39, 0.29) is 11.1 Å². The second kappa shape index (κ2) is 6.21. The third-order valence-corrected chi connectivity index (χ3v) is 6.56. The maximum absolute atomic E-state index is 13.0. The lowest BCUT2D eigenvalue weighted by Crippen LogP contribution is -2.29. The molecular weight excluding hydrogens is 426 g/mol. The van der Waals surface area contributed by atoms with Crippen LogP contribution in [0.2, 0.25) is 0 Å². The van der Waals surface area contributed by atoms with E-state index >= 15 is 0 Å². The smallest absolute Gasteiger partial charge is 0.166 e. The molecule has 146 valence electrons. The predicted octanol–water partition coefficient (Wildman–Crippen LogP) is 6.85. The number of benzene rings is 2. The molecule has 0 saturated heterocycles. The molecule has 0 N–H and O–H groups in total. The molecule has 2 heterocycles. The van der Waals surface area contributed by atoms with Gasteiger partial charge in [-0.25, -0.2) is 0 Å². The molecule has 2 aromatic rings. The summed E-state index contributed by atoms with van der Waals surface area (Å²) in [4.78, 5) is 1.35. The Labute approximate surface area is 161 Å². The van der Waals surface area contributed by atoms with Gasteiger partial charge in [-0.1, -0.05) is 45.9 Å². The Morgan fingerprint density at radius 3 is 1.04 bits per heavy atom. The van der Waals surface area contributed by atoms with Crippen molar-refractivity contribution >= 4 is 21.6 Å². The number of hydrogen-bond donors (Lipinski definition) is 0. The highest BCUT2D eigenvalue weighted by Crippen LogP contribution is 2.53. The molecule has 0 aliphatic carbocycles. The highest BCUT2D eigenvalue weighted by molar-refractivity contribution is 8.76. The van der Waals surface area contributed by atoms with Gasteiger partial charge in [-0.15, -0.1) is 20.5 Å². The maximum atomic E-state index is 13.0. The first kappa shape index (κ1) is 19.2. The predicted molar refractivity (Wildman–Crippen MR) is 89.8 cm³/mol. The number of halogens is 6. The van der Waals surface area contributed by atoms with Crippen LogP contribution in [-0.4, -0.2) is 12.4 Å². The number of nitrogens with zero attached hydrogens (tertiary/aromatic N) is 4. The van der Waals surface area contributed by atoms with Gasteiger partial charge in [0.25, 0.3) is 0 Å². The SMILES string of the molecule is FC(F)(F)C1(c2ccc(SSc3ccc(C4(C(F)(F)F)N=N4)cc3)cc2)N=N1. The molecule has 12 heteroatoms. The molecule has 0 aromatic heterocycles. The molecule has 2 aromatic carbocycles. The van der Waals surface area contributed by atoms with Crippen molar-refractivity contribution in [2.75, 3.05) is 0 Å². The monoisotopic (exact) mass is 434 g/mol. The van der Waals surface area contributed by atoms with Crippen molar-refractivity contribution < 1.29 is 26.3 Å². The average molecular weight is 434 g/mol. The fraction of sp³-hybridized carbons (Fsp3) is 0.250. The van der Waals surface area contributed by atoms with Crippen molar-refractivity contribution in [3.05, 3.63) is 59.7 Å². The van der Waals surface area contributed by atoms with Crippen LogP contribution in [0, 0.1) is 0 Å². The van der Waals surface area contributed by atoms with Crippen LogP contribution in [0.1, 0.15) is 11.1 Å². The van der Waals surface area contributed by atoms with E-state index in [2.05, 4.69) is 20.5 Å². The second-order valence-corrected chi connectivity index (χ2v) is 8.23. The van der Waals surface area contributed by atoms with E-state index in [1.807, 2.05) is 0 Å². The molecule has 4 rings (SSSR count). The van der Waals surface area contributed by atoms with E-state index in [4.69, 9.17) is 0 Å². The van der Waals surface area contributed by atoms with Crippen molar-refractivity contribution in [1.82, 2.24) is 0 Å². The summed E-state index contributed by atoms with van der Waals surface area (Å²) in [6.07, 6.45) is -9.15. The van der Waals surface area contributed by atoms with Gasteiger partial charge in [0.05, 0.1) is 0 Å². The van der Waals surface area contributed by atoms with Gasteiger partial charge in [0.15, 0.2) is 0 Å². The van der Waals surface area contributed by atoms with Gasteiger partial charge >= 0.3 is 23.7 Å². The van der Waals surface area contributed by atoms with Crippen molar-refractivity contribution in [2.45, 2.75) is 33.5 Å². The zero-order valence-corrected chi connectivity index (χ0v) is 15.1. The summed E-state index contributed by atoms with van der Waals surface area (Å²) in [6, 6.07) is 11.3. The van der Waals surface area contributed by atoms with Gasteiger partial charge in [-0.05, 0) is 24.3 Å². The van der Waals surface area contributed by atoms with Crippen molar-refractivity contribution in [3.63, 3.8) is 0 Å². The van der Waals surface area contributed by atoms with E-state index in [1.165, 1.54) is 70.1 Å². The molecule has 0 fully saturated rings. The molecule has 0 saturated carbocycles. The minimum atomic E-state index is -4.58. The summed E-state index contributed by atoms with van der Waals surface area (Å²) in [5.41, 5.74) is -5.03. The standard InChI is InChI=1S/C16H8F6N4S2/c17-15(18,19)13(23-24-13)9-1-5-11(6-2-9)27-28-12-7-3-10(4-8-12)14(25-26-14)16(20,21)22/h1-8H. The molecule has 0 atom stereocenters. The second-order valence-electron chi connectivity index (χ2n) is 5.96. The highest BCUT2D eigenvalue weighted by Gasteiger charge is 2.65. The molecule has 4 nitrogen and oxygen atoms in total. The Bertz CT molecular complexity index is 860. The molecule has 28 heavy (non-hydrogen) atoms. The largest absolute Gasteiger partial charge is 0.442 e. The van der Waals surface area contributed by atoms with Gasteiger partial charge in [0, 0.05) is 20.9 Å². The Balaban J connectivity index is 1.39. The van der Waals surface area contributed by atoms with E-state index in [0.29, 0.717) is 9.79 Å². The van der Waals surface area contributed by atoms with Gasteiger partial charge in [0.2, 0.25) is 0 Å². The first-order valence-corrected chi connectivity index (χ1v) is 9.80. The summed E-state index contributed by atoms with van der Waals surface area (Å²) in [5, 5.41) is 12.6. The summed E-state index contributed by atoms with van der Waals surface area (Å²) in [7, 11) is 2.52. The maximum Gasteiger partial charge on any atom is 0.442 e. The van der Waals surface area contributed by atoms with Gasteiger partial charge < -0.3 is 0 Å². The van der Waals surface area contributed by atoms with Gasteiger partial charge in [-0.3, -0.25) is 0 Å². The quantitative estimate of drug-likeness (QED) is 0.382. The van der Waals surface area contributed by atoms with E-state index in [0.717, 1.165) is 0 Å². The average Bonchev–Trinajstić information content (AvgIpc) is 3.53. The van der Waals surface area contributed by atoms with E-state index < -0.39 is 23.7 Å². The summed E-state index contributed by atoms with van der Waals surface area (Å²) in [5.74, 6) is 0. The molecular formula is C16H8F6N4S2. The lowest BCUT2D eigenvalue weighted by Gasteiger charge is -2.15. The lowest BCUT2D eigenvalue weighted by molar-refractivity contribution is -0.166. The first-order valence-electron chi connectivity index (χ1n) is 7.65. The van der Waals surface area contributed by atoms with Gasteiger partial charge in [0.1, 0.15) is 0 Å². The molecule has 2 aliphatic heterocycles. The number of hydrogen-bond acceptors (Lipinski definition) is 6. The lowest BCUT2D eigenvalue weighted by atomic mass is 10.0. The fourth-order valence-corrected chi connectivity index (χ4v) is 4.40. The Morgan fingerprint density at radius 2 is 0.821 bits per heavy atom. The van der Waals surface area contributed by atoms with Crippen LogP contribution in [0.5, 0.6) is 0 Å². The van der Waals surface area contributed by atoms with Crippen LogP contribution < -0.4 is 0 Å². The first-order chi connectivity index (χ1) is 13.1. The molecule has 2 aliphatic rings. The van der Waals surface area contributed by atoms with Crippen molar-refractivity contribution in [2.24, 2.45) is 20.5 Å². The Kier molecular flexibility index (Phi) is 4.27. The van der Waals surface area contributed by atoms with Crippen LogP contribution in [0.4, 0.5) is 26.3 Å². The summed E-state index contributed by atoms with van der Waals surface area (Å²) < 4.78 is 77.8. The minimum Gasteiger partial charge on any atom is -0.166 e. The van der Waals surface area contributed by atoms with Crippen LogP contribution >= 0.6 is 21.6 Å². The van der Waals surface area contributed by atoms with Crippen LogP contribution in [-0.2, 0) is 11.3 Å². The van der Waals surface area contributed by atoms with E-state index in [1.54, 1.807) is 0 Å². The van der Waals surface area contributed by atoms with E-state index in [9.17, 15) is 26.3 Å². The van der Waals surface area contributed by atoms with Crippen molar-refractivity contribution in [1.29, 1.82) is 0 Å². The minimum absolute atomic E-state index is 0.0620. The van der Waals surface area contributed by atoms with Crippen molar-refractivity contribution in [3.8, 4) is 0 Å².